The predicted molar refractivity (Wildman–Crippen MR) is 149 cm³/mol. The Hall–Kier alpha value is -4.22. The molecule has 0 atom stereocenters. The van der Waals surface area contributed by atoms with Crippen molar-refractivity contribution in [2.24, 2.45) is 0 Å². The fraction of sp³-hybridized carbons (Fsp3) is 0.276. The van der Waals surface area contributed by atoms with E-state index in [4.69, 9.17) is 28.4 Å². The molecular weight excluding hydrogens is 538 g/mol. The molecule has 11 heteroatoms. The first-order valence-corrected chi connectivity index (χ1v) is 13.8. The van der Waals surface area contributed by atoms with Crippen LogP contribution in [0.5, 0.6) is 28.7 Å². The van der Waals surface area contributed by atoms with Crippen LogP contribution >= 0.6 is 0 Å². The summed E-state index contributed by atoms with van der Waals surface area (Å²) in [5.41, 5.74) is 3.03. The van der Waals surface area contributed by atoms with Crippen LogP contribution in [0, 0.1) is 6.92 Å². The average Bonchev–Trinajstić information content (AvgIpc) is 3.43. The summed E-state index contributed by atoms with van der Waals surface area (Å²) in [4.78, 5) is 12.9. The number of methoxy groups -OCH3 is 4. The van der Waals surface area contributed by atoms with Gasteiger partial charge in [-0.25, -0.2) is 17.9 Å². The van der Waals surface area contributed by atoms with E-state index in [0.717, 1.165) is 11.1 Å². The van der Waals surface area contributed by atoms with Crippen molar-refractivity contribution >= 4 is 28.1 Å². The van der Waals surface area contributed by atoms with Crippen molar-refractivity contribution in [3.63, 3.8) is 0 Å². The number of rotatable bonds is 11. The molecule has 3 aromatic rings. The lowest BCUT2D eigenvalue weighted by molar-refractivity contribution is 0.0596. The van der Waals surface area contributed by atoms with Crippen LogP contribution < -0.4 is 28.4 Å². The lowest BCUT2D eigenvalue weighted by Gasteiger charge is -2.16. The minimum atomic E-state index is -3.71. The highest BCUT2D eigenvalue weighted by Gasteiger charge is 2.26. The zero-order valence-electron chi connectivity index (χ0n) is 22.9. The normalized spacial score (nSPS) is 12.4. The summed E-state index contributed by atoms with van der Waals surface area (Å²) in [6.07, 6.45) is 3.79. The molecule has 4 rings (SSSR count). The average molecular weight is 570 g/mol. The van der Waals surface area contributed by atoms with Crippen molar-refractivity contribution in [2.75, 3.05) is 41.8 Å². The molecule has 0 unspecified atom stereocenters. The quantitative estimate of drug-likeness (QED) is 0.267. The maximum atomic E-state index is 12.8. The summed E-state index contributed by atoms with van der Waals surface area (Å²) in [6.45, 7) is 2.03. The van der Waals surface area contributed by atoms with E-state index < -0.39 is 16.0 Å². The Balaban J connectivity index is 1.71. The van der Waals surface area contributed by atoms with Crippen molar-refractivity contribution in [1.82, 2.24) is 4.72 Å². The van der Waals surface area contributed by atoms with Gasteiger partial charge in [0.1, 0.15) is 5.56 Å². The number of carbonyl (C=O) groups is 1. The molecule has 40 heavy (non-hydrogen) atoms. The summed E-state index contributed by atoms with van der Waals surface area (Å²) in [5.74, 6) is 1.36. The highest BCUT2D eigenvalue weighted by atomic mass is 32.2. The zero-order chi connectivity index (χ0) is 28.9. The molecule has 0 aliphatic carbocycles. The second-order valence-corrected chi connectivity index (χ2v) is 10.5. The number of ether oxygens (including phenoxy) is 6. The number of esters is 1. The monoisotopic (exact) mass is 569 g/mol. The summed E-state index contributed by atoms with van der Waals surface area (Å²) in [7, 11) is 2.00. The van der Waals surface area contributed by atoms with Gasteiger partial charge in [0.05, 0.1) is 33.3 Å². The third-order valence-corrected chi connectivity index (χ3v) is 7.84. The van der Waals surface area contributed by atoms with Crippen LogP contribution in [-0.4, -0.2) is 56.2 Å². The van der Waals surface area contributed by atoms with Gasteiger partial charge >= 0.3 is 5.97 Å². The summed E-state index contributed by atoms with van der Waals surface area (Å²) in [6, 6.07) is 11.8. The summed E-state index contributed by atoms with van der Waals surface area (Å²) >= 11 is 0. The maximum absolute atomic E-state index is 12.8. The van der Waals surface area contributed by atoms with Crippen LogP contribution in [0.15, 0.2) is 47.4 Å². The number of sulfonamides is 1. The fourth-order valence-corrected chi connectivity index (χ4v) is 5.39. The van der Waals surface area contributed by atoms with E-state index in [9.17, 15) is 13.2 Å². The number of benzene rings is 3. The van der Waals surface area contributed by atoms with E-state index in [1.807, 2.05) is 6.92 Å². The highest BCUT2D eigenvalue weighted by molar-refractivity contribution is 7.89. The van der Waals surface area contributed by atoms with Gasteiger partial charge in [0, 0.05) is 12.1 Å². The first-order valence-electron chi connectivity index (χ1n) is 12.3. The Morgan fingerprint density at radius 3 is 2.33 bits per heavy atom. The minimum absolute atomic E-state index is 0.0283. The number of hydrogen-bond donors (Lipinski definition) is 1. The first kappa shape index (κ1) is 28.8. The predicted octanol–water partition coefficient (Wildman–Crippen LogP) is 4.23. The van der Waals surface area contributed by atoms with E-state index in [-0.39, 0.29) is 29.5 Å². The molecule has 10 nitrogen and oxygen atoms in total. The first-order chi connectivity index (χ1) is 19.2. The van der Waals surface area contributed by atoms with Crippen LogP contribution in [-0.2, 0) is 21.2 Å². The van der Waals surface area contributed by atoms with Gasteiger partial charge in [-0.1, -0.05) is 35.9 Å². The standard InChI is InChI=1S/C29H31NO9S/c1-18-6-10-21(11-7-18)40(32,33)30-15-14-20-16-24-28(39-17-38-24)26(35-3)22(20)12-8-19-9-13-23(34-2)27(36-4)25(19)29(31)37-5/h6-13,16,30H,14-15,17H2,1-5H3/b12-8+. The molecule has 1 aliphatic heterocycles. The minimum Gasteiger partial charge on any atom is -0.493 e. The van der Waals surface area contributed by atoms with Crippen molar-refractivity contribution < 1.29 is 41.6 Å². The lowest BCUT2D eigenvalue weighted by atomic mass is 9.99. The maximum Gasteiger partial charge on any atom is 0.342 e. The Labute approximate surface area is 233 Å². The third-order valence-electron chi connectivity index (χ3n) is 6.36. The molecule has 0 amide bonds. The zero-order valence-corrected chi connectivity index (χ0v) is 23.7. The van der Waals surface area contributed by atoms with Crippen LogP contribution in [0.3, 0.4) is 0 Å². The Morgan fingerprint density at radius 1 is 0.950 bits per heavy atom. The summed E-state index contributed by atoms with van der Waals surface area (Å²) in [5, 5.41) is 0. The van der Waals surface area contributed by atoms with E-state index in [2.05, 4.69) is 4.72 Å². The molecule has 0 saturated heterocycles. The van der Waals surface area contributed by atoms with Crippen LogP contribution in [0.25, 0.3) is 12.2 Å². The molecule has 3 aromatic carbocycles. The van der Waals surface area contributed by atoms with Gasteiger partial charge in [-0.3, -0.25) is 0 Å². The van der Waals surface area contributed by atoms with E-state index in [0.29, 0.717) is 40.5 Å². The lowest BCUT2D eigenvalue weighted by Crippen LogP contribution is -2.26. The van der Waals surface area contributed by atoms with Crippen molar-refractivity contribution in [3.8, 4) is 28.7 Å². The smallest absolute Gasteiger partial charge is 0.342 e. The molecule has 0 bridgehead atoms. The molecule has 0 fully saturated rings. The fourth-order valence-electron chi connectivity index (χ4n) is 4.36. The Bertz CT molecular complexity index is 1530. The summed E-state index contributed by atoms with van der Waals surface area (Å²) < 4.78 is 61.0. The highest BCUT2D eigenvalue weighted by Crippen LogP contribution is 2.46. The van der Waals surface area contributed by atoms with Gasteiger partial charge in [0.15, 0.2) is 23.0 Å². The van der Waals surface area contributed by atoms with Crippen molar-refractivity contribution in [1.29, 1.82) is 0 Å². The second kappa shape index (κ2) is 12.3. The SMILES string of the molecule is COC(=O)c1c(/C=C/c2c(CCNS(=O)(=O)c3ccc(C)cc3)cc3c(c2OC)OCO3)ccc(OC)c1OC. The van der Waals surface area contributed by atoms with Gasteiger partial charge in [-0.2, -0.15) is 0 Å². The topological polar surface area (TPSA) is 119 Å². The second-order valence-electron chi connectivity index (χ2n) is 8.77. The van der Waals surface area contributed by atoms with Crippen molar-refractivity contribution in [2.45, 2.75) is 18.2 Å². The van der Waals surface area contributed by atoms with Gasteiger partial charge in [0.2, 0.25) is 22.6 Å². The molecule has 1 N–H and O–H groups in total. The Kier molecular flexibility index (Phi) is 8.86. The molecule has 0 radical (unpaired) electrons. The number of carbonyl (C=O) groups excluding carboxylic acids is 1. The van der Waals surface area contributed by atoms with Gasteiger partial charge in [-0.05, 0) is 48.7 Å². The molecule has 0 spiro atoms. The van der Waals surface area contributed by atoms with Gasteiger partial charge < -0.3 is 28.4 Å². The molecule has 1 heterocycles. The third kappa shape index (κ3) is 5.85. The molecule has 0 saturated carbocycles. The van der Waals surface area contributed by atoms with Crippen LogP contribution in [0.1, 0.15) is 32.6 Å². The van der Waals surface area contributed by atoms with Gasteiger partial charge in [-0.15, -0.1) is 0 Å². The van der Waals surface area contributed by atoms with Crippen molar-refractivity contribution in [3.05, 3.63) is 70.3 Å². The molecule has 212 valence electrons. The number of nitrogens with one attached hydrogen (secondary N) is 1. The van der Waals surface area contributed by atoms with Crippen LogP contribution in [0.2, 0.25) is 0 Å². The molecule has 1 aliphatic rings. The molecule has 0 aromatic heterocycles. The number of aryl methyl sites for hydroxylation is 1. The van der Waals surface area contributed by atoms with E-state index >= 15 is 0 Å². The number of fused-ring (bicyclic) bond motifs is 1. The largest absolute Gasteiger partial charge is 0.493 e. The van der Waals surface area contributed by atoms with E-state index in [1.165, 1.54) is 28.4 Å². The molecular formula is C29H31NO9S. The number of hydrogen-bond acceptors (Lipinski definition) is 9. The van der Waals surface area contributed by atoms with Crippen LogP contribution in [0.4, 0.5) is 0 Å². The van der Waals surface area contributed by atoms with E-state index in [1.54, 1.807) is 54.6 Å². The van der Waals surface area contributed by atoms with Gasteiger partial charge in [0.25, 0.3) is 0 Å². The Morgan fingerprint density at radius 2 is 1.68 bits per heavy atom.